The Hall–Kier alpha value is -1.99. The summed E-state index contributed by atoms with van der Waals surface area (Å²) in [5.41, 5.74) is 0.528. The molecular formula is C15H13BrN4OS. The number of aromatic nitrogens is 3. The van der Waals surface area contributed by atoms with Gasteiger partial charge < -0.3 is 5.32 Å². The van der Waals surface area contributed by atoms with Crippen molar-refractivity contribution >= 4 is 33.2 Å². The maximum absolute atomic E-state index is 12.2. The minimum absolute atomic E-state index is 0.0148. The van der Waals surface area contributed by atoms with E-state index >= 15 is 0 Å². The summed E-state index contributed by atoms with van der Waals surface area (Å²) in [5.74, 6) is -0.150. The zero-order chi connectivity index (χ0) is 15.4. The van der Waals surface area contributed by atoms with Gasteiger partial charge in [0.1, 0.15) is 6.04 Å². The van der Waals surface area contributed by atoms with E-state index < -0.39 is 0 Å². The maximum Gasteiger partial charge on any atom is 0.252 e. The van der Waals surface area contributed by atoms with Crippen molar-refractivity contribution in [1.29, 1.82) is 0 Å². The van der Waals surface area contributed by atoms with Crippen LogP contribution in [-0.4, -0.2) is 27.2 Å². The molecule has 0 saturated carbocycles. The second kappa shape index (κ2) is 6.85. The zero-order valence-corrected chi connectivity index (χ0v) is 13.9. The van der Waals surface area contributed by atoms with Crippen LogP contribution in [0, 0.1) is 0 Å². The molecule has 0 aliphatic heterocycles. The number of carbonyl (C=O) groups is 1. The van der Waals surface area contributed by atoms with E-state index in [1.165, 1.54) is 0 Å². The van der Waals surface area contributed by atoms with Gasteiger partial charge in [0.2, 0.25) is 0 Å². The molecule has 1 atom stereocenters. The third-order valence-electron chi connectivity index (χ3n) is 3.14. The maximum atomic E-state index is 12.2. The van der Waals surface area contributed by atoms with Crippen molar-refractivity contribution < 1.29 is 4.79 Å². The van der Waals surface area contributed by atoms with Gasteiger partial charge in [0.25, 0.3) is 5.91 Å². The normalized spacial score (nSPS) is 12.0. The SMILES string of the molecule is O=C(NC[C@@H](c1cccs1)n1cccn1)c1cncc(Br)c1. The first kappa shape index (κ1) is 14.9. The van der Waals surface area contributed by atoms with Gasteiger partial charge >= 0.3 is 0 Å². The molecule has 0 fully saturated rings. The Morgan fingerprint density at radius 1 is 1.41 bits per heavy atom. The molecule has 3 aromatic rings. The second-order valence-electron chi connectivity index (χ2n) is 4.62. The lowest BCUT2D eigenvalue weighted by atomic mass is 10.2. The lowest BCUT2D eigenvalue weighted by Gasteiger charge is -2.17. The molecule has 0 aromatic carbocycles. The minimum atomic E-state index is -0.150. The van der Waals surface area contributed by atoms with Crippen LogP contribution in [0.1, 0.15) is 21.3 Å². The molecule has 0 bridgehead atoms. The number of rotatable bonds is 5. The van der Waals surface area contributed by atoms with E-state index in [9.17, 15) is 4.79 Å². The van der Waals surface area contributed by atoms with Crippen molar-refractivity contribution in [3.63, 3.8) is 0 Å². The molecule has 0 spiro atoms. The largest absolute Gasteiger partial charge is 0.349 e. The molecule has 5 nitrogen and oxygen atoms in total. The van der Waals surface area contributed by atoms with Gasteiger partial charge in [-0.1, -0.05) is 6.07 Å². The molecule has 3 aromatic heterocycles. The summed E-state index contributed by atoms with van der Waals surface area (Å²) in [5, 5.41) is 9.26. The molecule has 22 heavy (non-hydrogen) atoms. The van der Waals surface area contributed by atoms with Crippen molar-refractivity contribution in [3.05, 3.63) is 69.3 Å². The van der Waals surface area contributed by atoms with Crippen LogP contribution in [0.4, 0.5) is 0 Å². The Labute approximate surface area is 140 Å². The van der Waals surface area contributed by atoms with Crippen LogP contribution in [0.5, 0.6) is 0 Å². The van der Waals surface area contributed by atoms with Crippen LogP contribution in [0.3, 0.4) is 0 Å². The van der Waals surface area contributed by atoms with Crippen molar-refractivity contribution in [2.45, 2.75) is 6.04 Å². The van der Waals surface area contributed by atoms with Gasteiger partial charge in [-0.25, -0.2) is 0 Å². The predicted octanol–water partition coefficient (Wildman–Crippen LogP) is 3.12. The number of pyridine rings is 1. The number of hydrogen-bond acceptors (Lipinski definition) is 4. The summed E-state index contributed by atoms with van der Waals surface area (Å²) in [6.45, 7) is 0.466. The fraction of sp³-hybridized carbons (Fsp3) is 0.133. The highest BCUT2D eigenvalue weighted by atomic mass is 79.9. The second-order valence-corrected chi connectivity index (χ2v) is 6.51. The number of carbonyl (C=O) groups excluding carboxylic acids is 1. The van der Waals surface area contributed by atoms with Crippen LogP contribution < -0.4 is 5.32 Å². The standard InChI is InChI=1S/C15H13BrN4OS/c16-12-7-11(8-17-9-12)15(21)18-10-13(14-3-1-6-22-14)20-5-2-4-19-20/h1-9,13H,10H2,(H,18,21)/t13-/m0/s1. The molecule has 0 saturated heterocycles. The quantitative estimate of drug-likeness (QED) is 0.743. The molecule has 3 heterocycles. The first-order chi connectivity index (χ1) is 10.7. The van der Waals surface area contributed by atoms with Crippen molar-refractivity contribution in [1.82, 2.24) is 20.1 Å². The fourth-order valence-corrected chi connectivity index (χ4v) is 3.28. The molecule has 3 rings (SSSR count). The Morgan fingerprint density at radius 2 is 2.32 bits per heavy atom. The summed E-state index contributed by atoms with van der Waals surface area (Å²) in [6.07, 6.45) is 6.83. The van der Waals surface area contributed by atoms with Gasteiger partial charge in [0, 0.05) is 40.7 Å². The van der Waals surface area contributed by atoms with E-state index in [0.717, 1.165) is 9.35 Å². The van der Waals surface area contributed by atoms with Crippen LogP contribution in [0.25, 0.3) is 0 Å². The van der Waals surface area contributed by atoms with E-state index in [0.29, 0.717) is 12.1 Å². The highest BCUT2D eigenvalue weighted by Gasteiger charge is 2.17. The summed E-state index contributed by atoms with van der Waals surface area (Å²) < 4.78 is 2.63. The molecule has 0 aliphatic rings. The number of hydrogen-bond donors (Lipinski definition) is 1. The van der Waals surface area contributed by atoms with E-state index in [2.05, 4.69) is 31.3 Å². The molecule has 0 aliphatic carbocycles. The van der Waals surface area contributed by atoms with E-state index in [1.54, 1.807) is 36.0 Å². The highest BCUT2D eigenvalue weighted by molar-refractivity contribution is 9.10. The summed E-state index contributed by atoms with van der Waals surface area (Å²) in [6, 6.07) is 7.65. The van der Waals surface area contributed by atoms with Crippen LogP contribution in [-0.2, 0) is 0 Å². The zero-order valence-electron chi connectivity index (χ0n) is 11.5. The Morgan fingerprint density at radius 3 is 3.00 bits per heavy atom. The van der Waals surface area contributed by atoms with E-state index in [-0.39, 0.29) is 11.9 Å². The van der Waals surface area contributed by atoms with Crippen molar-refractivity contribution in [3.8, 4) is 0 Å². The summed E-state index contributed by atoms with van der Waals surface area (Å²) >= 11 is 4.97. The number of nitrogens with one attached hydrogen (secondary N) is 1. The minimum Gasteiger partial charge on any atom is -0.349 e. The highest BCUT2D eigenvalue weighted by Crippen LogP contribution is 2.22. The molecule has 1 N–H and O–H groups in total. The molecule has 1 amide bonds. The smallest absolute Gasteiger partial charge is 0.252 e. The molecule has 0 unspecified atom stereocenters. The number of nitrogens with zero attached hydrogens (tertiary/aromatic N) is 3. The predicted molar refractivity (Wildman–Crippen MR) is 89.0 cm³/mol. The van der Waals surface area contributed by atoms with Crippen molar-refractivity contribution in [2.24, 2.45) is 0 Å². The van der Waals surface area contributed by atoms with Crippen LogP contribution in [0.2, 0.25) is 0 Å². The Kier molecular flexibility index (Phi) is 4.65. The van der Waals surface area contributed by atoms with Gasteiger partial charge in [-0.05, 0) is 39.5 Å². The van der Waals surface area contributed by atoms with Crippen molar-refractivity contribution in [2.75, 3.05) is 6.54 Å². The van der Waals surface area contributed by atoms with E-state index in [4.69, 9.17) is 0 Å². The van der Waals surface area contributed by atoms with Gasteiger partial charge in [-0.2, -0.15) is 5.10 Å². The first-order valence-corrected chi connectivity index (χ1v) is 8.32. The number of amides is 1. The molecule has 112 valence electrons. The van der Waals surface area contributed by atoms with Crippen LogP contribution >= 0.6 is 27.3 Å². The van der Waals surface area contributed by atoms with Gasteiger partial charge in [-0.3, -0.25) is 14.5 Å². The third-order valence-corrected chi connectivity index (χ3v) is 4.55. The lowest BCUT2D eigenvalue weighted by molar-refractivity contribution is 0.0949. The van der Waals surface area contributed by atoms with Gasteiger partial charge in [0.05, 0.1) is 5.56 Å². The number of thiophene rings is 1. The average Bonchev–Trinajstić information content (AvgIpc) is 3.21. The average molecular weight is 377 g/mol. The third kappa shape index (κ3) is 3.42. The molecular weight excluding hydrogens is 364 g/mol. The van der Waals surface area contributed by atoms with Crippen LogP contribution in [0.15, 0.2) is 58.9 Å². The van der Waals surface area contributed by atoms with E-state index in [1.807, 2.05) is 34.5 Å². The first-order valence-electron chi connectivity index (χ1n) is 6.65. The molecule has 0 radical (unpaired) electrons. The summed E-state index contributed by atoms with van der Waals surface area (Å²) in [7, 11) is 0. The Bertz CT molecular complexity index is 709. The molecule has 7 heteroatoms. The number of halogens is 1. The lowest BCUT2D eigenvalue weighted by Crippen LogP contribution is -2.31. The van der Waals surface area contributed by atoms with Gasteiger partial charge in [0.15, 0.2) is 0 Å². The monoisotopic (exact) mass is 376 g/mol. The Balaban J connectivity index is 1.73. The topological polar surface area (TPSA) is 59.8 Å². The van der Waals surface area contributed by atoms with Gasteiger partial charge in [-0.15, -0.1) is 11.3 Å². The summed E-state index contributed by atoms with van der Waals surface area (Å²) in [4.78, 5) is 17.4. The fourth-order valence-electron chi connectivity index (χ4n) is 2.10.